The monoisotopic (exact) mass is 923 g/mol. The number of piperidine rings is 2. The summed E-state index contributed by atoms with van der Waals surface area (Å²) < 4.78 is 99.3. The SMILES string of the molecule is Cn1nc(C2CCC(=O)NC2=O)c2cccc(C#CCO[C@@H]3CCN(CC4CCC(n5cc(NC(=O)c6cnn7ccc(N8CCOC(C(F)(F)F)C8)nc67)c(C(F)F)n5)CC4)C[C@@H]3F)c21. The van der Waals surface area contributed by atoms with Crippen LogP contribution in [0.2, 0.25) is 0 Å². The Morgan fingerprint density at radius 2 is 1.88 bits per heavy atom. The Morgan fingerprint density at radius 1 is 1.06 bits per heavy atom. The number of benzene rings is 1. The van der Waals surface area contributed by atoms with E-state index in [9.17, 15) is 36.3 Å². The zero-order chi connectivity index (χ0) is 46.3. The molecular weight excluding hydrogens is 877 g/mol. The minimum Gasteiger partial charge on any atom is -0.365 e. The summed E-state index contributed by atoms with van der Waals surface area (Å²) in [5.74, 6) is 4.59. The lowest BCUT2D eigenvalue weighted by atomic mass is 9.85. The molecule has 3 saturated heterocycles. The average Bonchev–Trinajstić information content (AvgIpc) is 4.01. The van der Waals surface area contributed by atoms with E-state index in [0.717, 1.165) is 23.7 Å². The third kappa shape index (κ3) is 9.46. The smallest absolute Gasteiger partial charge is 0.365 e. The number of hydrogen-bond acceptors (Lipinski definition) is 11. The second-order valence-corrected chi connectivity index (χ2v) is 17.2. The molecule has 350 valence electrons. The first-order valence-electron chi connectivity index (χ1n) is 21.9. The van der Waals surface area contributed by atoms with Crippen LogP contribution in [0.5, 0.6) is 0 Å². The van der Waals surface area contributed by atoms with E-state index in [1.165, 1.54) is 38.8 Å². The number of halogens is 6. The van der Waals surface area contributed by atoms with Crippen molar-refractivity contribution >= 4 is 45.8 Å². The van der Waals surface area contributed by atoms with Gasteiger partial charge in [0.15, 0.2) is 17.4 Å². The summed E-state index contributed by atoms with van der Waals surface area (Å²) >= 11 is 0. The Kier molecular flexibility index (Phi) is 12.8. The van der Waals surface area contributed by atoms with Gasteiger partial charge in [-0.3, -0.25) is 34.0 Å². The first-order valence-corrected chi connectivity index (χ1v) is 21.9. The van der Waals surface area contributed by atoms with E-state index in [0.29, 0.717) is 50.0 Å². The average molecular weight is 924 g/mol. The molecular formula is C44H47F6N11O5. The zero-order valence-corrected chi connectivity index (χ0v) is 35.8. The maximum atomic E-state index is 15.5. The molecule has 4 aromatic heterocycles. The molecule has 1 aromatic carbocycles. The minimum absolute atomic E-state index is 0.0286. The van der Waals surface area contributed by atoms with Gasteiger partial charge in [0, 0.05) is 57.4 Å². The molecule has 16 nitrogen and oxygen atoms in total. The summed E-state index contributed by atoms with van der Waals surface area (Å²) in [4.78, 5) is 45.6. The van der Waals surface area contributed by atoms with Gasteiger partial charge in [0.1, 0.15) is 24.2 Å². The Bertz CT molecular complexity index is 2680. The molecule has 0 bridgehead atoms. The molecule has 3 amide bonds. The van der Waals surface area contributed by atoms with E-state index >= 15 is 4.39 Å². The largest absolute Gasteiger partial charge is 0.416 e. The van der Waals surface area contributed by atoms with Gasteiger partial charge in [0.25, 0.3) is 12.3 Å². The Morgan fingerprint density at radius 3 is 2.64 bits per heavy atom. The molecule has 2 N–H and O–H groups in total. The molecule has 22 heteroatoms. The Balaban J connectivity index is 0.758. The Hall–Kier alpha value is -6.05. The van der Waals surface area contributed by atoms with Gasteiger partial charge in [0.2, 0.25) is 11.8 Å². The number of likely N-dealkylation sites (tertiary alicyclic amines) is 1. The number of nitrogens with zero attached hydrogens (tertiary/aromatic N) is 9. The van der Waals surface area contributed by atoms with Crippen molar-refractivity contribution < 1.29 is 50.2 Å². The molecule has 4 aliphatic rings. The summed E-state index contributed by atoms with van der Waals surface area (Å²) in [5.41, 5.74) is 1.23. The fourth-order valence-corrected chi connectivity index (χ4v) is 9.50. The van der Waals surface area contributed by atoms with Crippen LogP contribution in [0.4, 0.5) is 37.8 Å². The molecule has 0 radical (unpaired) electrons. The highest BCUT2D eigenvalue weighted by Gasteiger charge is 2.44. The summed E-state index contributed by atoms with van der Waals surface area (Å²) in [6.45, 7) is 1.05. The van der Waals surface area contributed by atoms with E-state index in [1.54, 1.807) is 11.7 Å². The number of nitrogens with one attached hydrogen (secondary N) is 2. The van der Waals surface area contributed by atoms with Crippen LogP contribution in [0.25, 0.3) is 16.6 Å². The Labute approximate surface area is 373 Å². The molecule has 7 heterocycles. The molecule has 4 fully saturated rings. The van der Waals surface area contributed by atoms with Crippen LogP contribution in [0.3, 0.4) is 0 Å². The number of fused-ring (bicyclic) bond motifs is 2. The van der Waals surface area contributed by atoms with Crippen molar-refractivity contribution in [1.29, 1.82) is 0 Å². The molecule has 5 aromatic rings. The van der Waals surface area contributed by atoms with Crippen molar-refractivity contribution in [2.24, 2.45) is 13.0 Å². The van der Waals surface area contributed by atoms with Gasteiger partial charge >= 0.3 is 6.18 Å². The van der Waals surface area contributed by atoms with Crippen molar-refractivity contribution in [2.45, 2.75) is 87.9 Å². The van der Waals surface area contributed by atoms with Crippen LogP contribution in [0.15, 0.2) is 42.9 Å². The molecule has 9 rings (SSSR count). The first-order chi connectivity index (χ1) is 31.7. The normalized spacial score (nSPS) is 24.5. The van der Waals surface area contributed by atoms with Crippen LogP contribution in [-0.4, -0.2) is 127 Å². The van der Waals surface area contributed by atoms with Crippen molar-refractivity contribution in [1.82, 2.24) is 44.4 Å². The zero-order valence-electron chi connectivity index (χ0n) is 35.8. The third-order valence-corrected chi connectivity index (χ3v) is 12.9. The molecule has 3 aliphatic heterocycles. The van der Waals surface area contributed by atoms with Crippen LogP contribution >= 0.6 is 0 Å². The standard InChI is InChI=1S/C44H47F6N11O5/c1-57-39-26(4-2-6-28(39)37(55-57)29-11-12-36(62)54-42(29)63)5-3-18-65-33-13-15-58(22-31(33)45)21-25-7-9-27(10-8-25)61-23-32(38(56-61)40(46)47)52-43(64)30-20-51-60-16-14-35(53-41(30)60)59-17-19-66-34(24-59)44(48,49)50/h2,4,6,14,16,20,23,25,27,29,31,33-34,40H,7-13,15,17-19,21-22,24H2,1H3,(H,52,64)(H,54,62,63)/t25?,27?,29?,31-,33+,34?/m0/s1. The lowest BCUT2D eigenvalue weighted by Gasteiger charge is -2.38. The fourth-order valence-electron chi connectivity index (χ4n) is 9.50. The number of carbonyl (C=O) groups is 3. The van der Waals surface area contributed by atoms with E-state index in [2.05, 4.69) is 47.7 Å². The number of hydrogen-bond donors (Lipinski definition) is 2. The van der Waals surface area contributed by atoms with Crippen LogP contribution in [0, 0.1) is 17.8 Å². The van der Waals surface area contributed by atoms with Crippen LogP contribution in [-0.2, 0) is 26.1 Å². The molecule has 0 spiro atoms. The number of aryl methyl sites for hydroxylation is 1. The number of aromatic nitrogens is 7. The molecule has 4 atom stereocenters. The highest BCUT2D eigenvalue weighted by atomic mass is 19.4. The second kappa shape index (κ2) is 18.7. The summed E-state index contributed by atoms with van der Waals surface area (Å²) in [6.07, 6.45) is -3.41. The van der Waals surface area contributed by atoms with Gasteiger partial charge in [-0.1, -0.05) is 24.0 Å². The summed E-state index contributed by atoms with van der Waals surface area (Å²) in [5, 5.41) is 18.6. The summed E-state index contributed by atoms with van der Waals surface area (Å²) in [6, 6.07) is 6.83. The lowest BCUT2D eigenvalue weighted by Crippen LogP contribution is -2.49. The van der Waals surface area contributed by atoms with Gasteiger partial charge < -0.3 is 19.7 Å². The lowest BCUT2D eigenvalue weighted by molar-refractivity contribution is -0.221. The van der Waals surface area contributed by atoms with Crippen molar-refractivity contribution in [3.63, 3.8) is 0 Å². The summed E-state index contributed by atoms with van der Waals surface area (Å²) in [7, 11) is 1.78. The third-order valence-electron chi connectivity index (χ3n) is 12.9. The van der Waals surface area contributed by atoms with E-state index < -0.39 is 55.0 Å². The number of anilines is 2. The quantitative estimate of drug-likeness (QED) is 0.103. The number of rotatable bonds is 10. The topological polar surface area (TPSA) is 166 Å². The van der Waals surface area contributed by atoms with Gasteiger partial charge in [-0.2, -0.15) is 28.5 Å². The highest BCUT2D eigenvalue weighted by Crippen LogP contribution is 2.37. The van der Waals surface area contributed by atoms with E-state index in [4.69, 9.17) is 9.47 Å². The van der Waals surface area contributed by atoms with Crippen LogP contribution in [0.1, 0.15) is 90.6 Å². The first kappa shape index (κ1) is 45.1. The number of amides is 3. The van der Waals surface area contributed by atoms with E-state index in [1.807, 2.05) is 18.2 Å². The molecule has 1 saturated carbocycles. The van der Waals surface area contributed by atoms with Gasteiger partial charge in [-0.05, 0) is 56.6 Å². The van der Waals surface area contributed by atoms with Crippen LogP contribution < -0.4 is 15.5 Å². The van der Waals surface area contributed by atoms with Gasteiger partial charge in [0.05, 0.1) is 59.9 Å². The number of morpholine rings is 1. The molecule has 1 aliphatic carbocycles. The van der Waals surface area contributed by atoms with Gasteiger partial charge in [-0.15, -0.1) is 0 Å². The number of imide groups is 1. The maximum Gasteiger partial charge on any atom is 0.416 e. The predicted octanol–water partition coefficient (Wildman–Crippen LogP) is 5.50. The van der Waals surface area contributed by atoms with Crippen molar-refractivity contribution in [3.05, 3.63) is 65.4 Å². The maximum absolute atomic E-state index is 15.5. The number of ether oxygens (including phenoxy) is 2. The van der Waals surface area contributed by atoms with Gasteiger partial charge in [-0.25, -0.2) is 22.7 Å². The number of para-hydroxylation sites is 1. The molecule has 66 heavy (non-hydrogen) atoms. The highest BCUT2D eigenvalue weighted by molar-refractivity contribution is 6.08. The van der Waals surface area contributed by atoms with Crippen molar-refractivity contribution in [2.75, 3.05) is 56.2 Å². The van der Waals surface area contributed by atoms with Crippen molar-refractivity contribution in [3.8, 4) is 11.8 Å². The molecule has 2 unspecified atom stereocenters. The second-order valence-electron chi connectivity index (χ2n) is 17.2. The predicted molar refractivity (Wildman–Crippen MR) is 226 cm³/mol. The number of alkyl halides is 6. The minimum atomic E-state index is -4.57. The van der Waals surface area contributed by atoms with E-state index in [-0.39, 0.29) is 79.2 Å². The fraction of sp³-hybridized carbons (Fsp3) is 0.523. The number of carbonyl (C=O) groups excluding carboxylic acids is 3.